The number of aromatic nitrogens is 1. The first-order chi connectivity index (χ1) is 12.1. The number of methoxy groups -OCH3 is 1. The van der Waals surface area contributed by atoms with Gasteiger partial charge in [-0.05, 0) is 42.3 Å². The van der Waals surface area contributed by atoms with Crippen molar-refractivity contribution in [2.75, 3.05) is 19.0 Å². The largest absolute Gasteiger partial charge is 0.497 e. The number of ether oxygens (including phenoxy) is 1. The summed E-state index contributed by atoms with van der Waals surface area (Å²) in [6.07, 6.45) is 0.875. The highest BCUT2D eigenvalue weighted by atomic mass is 79.9. The van der Waals surface area contributed by atoms with Crippen LogP contribution >= 0.6 is 15.9 Å². The van der Waals surface area contributed by atoms with Crippen molar-refractivity contribution >= 4 is 38.4 Å². The molecule has 3 heterocycles. The summed E-state index contributed by atoms with van der Waals surface area (Å²) in [4.78, 5) is 16.5. The Balaban J connectivity index is 1.82. The second kappa shape index (κ2) is 5.09. The summed E-state index contributed by atoms with van der Waals surface area (Å²) in [5.41, 5.74) is 4.04. The molecule has 0 unspecified atom stereocenters. The summed E-state index contributed by atoms with van der Waals surface area (Å²) in [5, 5.41) is 7.65. The highest BCUT2D eigenvalue weighted by molar-refractivity contribution is 9.10. The van der Waals surface area contributed by atoms with Crippen molar-refractivity contribution in [3.05, 3.63) is 57.7 Å². The van der Waals surface area contributed by atoms with Crippen LogP contribution in [0.15, 0.2) is 40.9 Å². The normalized spacial score (nSPS) is 21.3. The number of anilines is 1. The Bertz CT molecular complexity index is 1040. The molecule has 3 N–H and O–H groups in total. The van der Waals surface area contributed by atoms with Crippen molar-refractivity contribution in [3.8, 4) is 5.75 Å². The molecule has 0 bridgehead atoms. The monoisotopic (exact) mass is 397 g/mol. The molecule has 2 aliphatic rings. The number of hydrogen-bond donors (Lipinski definition) is 3. The minimum absolute atomic E-state index is 0.0416. The van der Waals surface area contributed by atoms with Crippen molar-refractivity contribution in [3.63, 3.8) is 0 Å². The van der Waals surface area contributed by atoms with Gasteiger partial charge in [-0.25, -0.2) is 0 Å². The van der Waals surface area contributed by atoms with Gasteiger partial charge in [-0.1, -0.05) is 15.9 Å². The Labute approximate surface area is 152 Å². The first-order valence-corrected chi connectivity index (χ1v) is 8.98. The minimum atomic E-state index is -0.876. The number of carbonyl (C=O) groups is 1. The SMILES string of the molecule is COc1ccc2c3c([nH]c2c1)[C@]1(NCC3)C(=O)Nc2ccc(Br)cc21. The maximum absolute atomic E-state index is 13.0. The van der Waals surface area contributed by atoms with Crippen molar-refractivity contribution < 1.29 is 9.53 Å². The Hall–Kier alpha value is -2.31. The van der Waals surface area contributed by atoms with Gasteiger partial charge >= 0.3 is 0 Å². The fraction of sp³-hybridized carbons (Fsp3) is 0.211. The third-order valence-corrected chi connectivity index (χ3v) is 5.72. The highest BCUT2D eigenvalue weighted by Gasteiger charge is 2.52. The predicted molar refractivity (Wildman–Crippen MR) is 100 cm³/mol. The second-order valence-corrected chi connectivity index (χ2v) is 7.38. The summed E-state index contributed by atoms with van der Waals surface area (Å²) in [7, 11) is 1.66. The average molecular weight is 398 g/mol. The molecule has 0 radical (unpaired) electrons. The Kier molecular flexibility index (Phi) is 3.05. The molecule has 2 aliphatic heterocycles. The quantitative estimate of drug-likeness (QED) is 0.590. The molecule has 1 aromatic heterocycles. The second-order valence-electron chi connectivity index (χ2n) is 6.46. The van der Waals surface area contributed by atoms with E-state index in [0.29, 0.717) is 0 Å². The molecule has 1 atom stereocenters. The third-order valence-electron chi connectivity index (χ3n) is 5.23. The predicted octanol–water partition coefficient (Wildman–Crippen LogP) is 3.28. The van der Waals surface area contributed by atoms with E-state index in [2.05, 4.69) is 37.6 Å². The molecule has 2 aromatic carbocycles. The first kappa shape index (κ1) is 15.0. The van der Waals surface area contributed by atoms with E-state index >= 15 is 0 Å². The lowest BCUT2D eigenvalue weighted by atomic mass is 9.82. The highest BCUT2D eigenvalue weighted by Crippen LogP contribution is 2.46. The number of nitrogens with one attached hydrogen (secondary N) is 3. The van der Waals surface area contributed by atoms with Crippen LogP contribution in [0.2, 0.25) is 0 Å². The fourth-order valence-electron chi connectivity index (χ4n) is 4.10. The van der Waals surface area contributed by atoms with Crippen LogP contribution in [0.4, 0.5) is 5.69 Å². The van der Waals surface area contributed by atoms with E-state index in [1.54, 1.807) is 7.11 Å². The molecule has 0 fully saturated rings. The van der Waals surface area contributed by atoms with E-state index in [9.17, 15) is 4.79 Å². The molecule has 1 amide bonds. The number of H-pyrrole nitrogens is 1. The molecule has 25 heavy (non-hydrogen) atoms. The van der Waals surface area contributed by atoms with Crippen LogP contribution in [0.25, 0.3) is 10.9 Å². The van der Waals surface area contributed by atoms with Crippen LogP contribution < -0.4 is 15.4 Å². The molecule has 3 aromatic rings. The number of fused-ring (bicyclic) bond motifs is 6. The van der Waals surface area contributed by atoms with Gasteiger partial charge in [-0.2, -0.15) is 0 Å². The molecule has 0 saturated heterocycles. The van der Waals surface area contributed by atoms with Gasteiger partial charge in [-0.15, -0.1) is 0 Å². The molecule has 5 rings (SSSR count). The molecule has 0 aliphatic carbocycles. The number of benzene rings is 2. The van der Waals surface area contributed by atoms with Crippen LogP contribution in [0.3, 0.4) is 0 Å². The van der Waals surface area contributed by atoms with E-state index in [1.165, 1.54) is 5.56 Å². The lowest BCUT2D eigenvalue weighted by Gasteiger charge is -2.33. The van der Waals surface area contributed by atoms with E-state index in [1.807, 2.05) is 30.3 Å². The van der Waals surface area contributed by atoms with Crippen LogP contribution in [0.1, 0.15) is 16.8 Å². The molecule has 1 spiro atoms. The van der Waals surface area contributed by atoms with Gasteiger partial charge in [0.15, 0.2) is 5.54 Å². The maximum Gasteiger partial charge on any atom is 0.255 e. The van der Waals surface area contributed by atoms with Crippen LogP contribution in [0.5, 0.6) is 5.75 Å². The molecule has 126 valence electrons. The zero-order valence-corrected chi connectivity index (χ0v) is 15.2. The van der Waals surface area contributed by atoms with E-state index in [0.717, 1.165) is 51.0 Å². The van der Waals surface area contributed by atoms with Gasteiger partial charge in [-0.3, -0.25) is 10.1 Å². The van der Waals surface area contributed by atoms with E-state index in [-0.39, 0.29) is 5.91 Å². The number of aromatic amines is 1. The molecule has 5 nitrogen and oxygen atoms in total. The molecule has 6 heteroatoms. The number of amides is 1. The van der Waals surface area contributed by atoms with Crippen molar-refractivity contribution in [2.24, 2.45) is 0 Å². The summed E-state index contributed by atoms with van der Waals surface area (Å²) in [5.74, 6) is 0.757. The summed E-state index contributed by atoms with van der Waals surface area (Å²) in [6, 6.07) is 11.9. The average Bonchev–Trinajstić information content (AvgIpc) is 3.12. The summed E-state index contributed by atoms with van der Waals surface area (Å²) in [6.45, 7) is 0.741. The summed E-state index contributed by atoms with van der Waals surface area (Å²) < 4.78 is 6.30. The standard InChI is InChI=1S/C19H16BrN3O2/c1-25-11-3-4-12-13-6-7-21-19(17(13)22-16(12)9-11)14-8-10(20)2-5-15(14)23-18(19)24/h2-5,8-9,21-22H,6-7H2,1H3,(H,23,24)/t19-/m0/s1. The van der Waals surface area contributed by atoms with E-state index in [4.69, 9.17) is 4.74 Å². The Morgan fingerprint density at radius 2 is 2.08 bits per heavy atom. The van der Waals surface area contributed by atoms with Crippen LogP contribution in [-0.4, -0.2) is 24.5 Å². The lowest BCUT2D eigenvalue weighted by molar-refractivity contribution is -0.120. The van der Waals surface area contributed by atoms with Crippen LogP contribution in [0, 0.1) is 0 Å². The smallest absolute Gasteiger partial charge is 0.255 e. The van der Waals surface area contributed by atoms with Gasteiger partial charge in [0.05, 0.1) is 12.8 Å². The minimum Gasteiger partial charge on any atom is -0.497 e. The van der Waals surface area contributed by atoms with Crippen molar-refractivity contribution in [1.82, 2.24) is 10.3 Å². The Morgan fingerprint density at radius 1 is 1.20 bits per heavy atom. The molecule has 0 saturated carbocycles. The number of halogens is 1. The zero-order chi connectivity index (χ0) is 17.2. The number of rotatable bonds is 1. The molecular weight excluding hydrogens is 382 g/mol. The zero-order valence-electron chi connectivity index (χ0n) is 13.6. The lowest BCUT2D eigenvalue weighted by Crippen LogP contribution is -2.53. The summed E-state index contributed by atoms with van der Waals surface area (Å²) >= 11 is 3.53. The van der Waals surface area contributed by atoms with Crippen molar-refractivity contribution in [1.29, 1.82) is 0 Å². The van der Waals surface area contributed by atoms with Crippen molar-refractivity contribution in [2.45, 2.75) is 12.0 Å². The first-order valence-electron chi connectivity index (χ1n) is 8.19. The van der Waals surface area contributed by atoms with Gasteiger partial charge in [0.2, 0.25) is 0 Å². The van der Waals surface area contributed by atoms with Gasteiger partial charge in [0.1, 0.15) is 5.75 Å². The fourth-order valence-corrected chi connectivity index (χ4v) is 4.46. The van der Waals surface area contributed by atoms with Crippen LogP contribution in [-0.2, 0) is 16.8 Å². The third kappa shape index (κ3) is 1.89. The van der Waals surface area contributed by atoms with Gasteiger partial charge < -0.3 is 15.0 Å². The van der Waals surface area contributed by atoms with Gasteiger partial charge in [0, 0.05) is 39.2 Å². The van der Waals surface area contributed by atoms with Gasteiger partial charge in [0.25, 0.3) is 5.91 Å². The number of hydrogen-bond acceptors (Lipinski definition) is 3. The Morgan fingerprint density at radius 3 is 2.92 bits per heavy atom. The molecular formula is C19H16BrN3O2. The number of carbonyl (C=O) groups excluding carboxylic acids is 1. The van der Waals surface area contributed by atoms with E-state index < -0.39 is 5.54 Å². The maximum atomic E-state index is 13.0. The topological polar surface area (TPSA) is 66.1 Å².